The summed E-state index contributed by atoms with van der Waals surface area (Å²) in [5.41, 5.74) is 9.28. The highest BCUT2D eigenvalue weighted by molar-refractivity contribution is 7.89. The highest BCUT2D eigenvalue weighted by atomic mass is 32.2. The van der Waals surface area contributed by atoms with Crippen LogP contribution in [0.2, 0.25) is 0 Å². The van der Waals surface area contributed by atoms with E-state index in [-0.39, 0.29) is 11.4 Å². The molecule has 0 fully saturated rings. The topological polar surface area (TPSA) is 101 Å². The Kier molecular flexibility index (Phi) is 3.82. The van der Waals surface area contributed by atoms with Gasteiger partial charge in [0.25, 0.3) is 0 Å². The Labute approximate surface area is 118 Å². The van der Waals surface area contributed by atoms with E-state index in [0.29, 0.717) is 11.3 Å². The first kappa shape index (κ1) is 14.5. The summed E-state index contributed by atoms with van der Waals surface area (Å²) < 4.78 is 27.5. The second-order valence-corrected chi connectivity index (χ2v) is 6.50. The Bertz CT molecular complexity index is 695. The first-order valence-corrected chi connectivity index (χ1v) is 7.65. The van der Waals surface area contributed by atoms with E-state index in [4.69, 9.17) is 5.73 Å². The number of nitrogens with zero attached hydrogens (tertiary/aromatic N) is 1. The molecule has 20 heavy (non-hydrogen) atoms. The Balaban J connectivity index is 2.39. The SMILES string of the molecule is Cc1cc(N)c(C)c(S(=O)(=O)NCc2cn[nH]c2)c1C. The summed E-state index contributed by atoms with van der Waals surface area (Å²) in [5, 5.41) is 6.42. The molecular weight excluding hydrogens is 276 g/mol. The van der Waals surface area contributed by atoms with Gasteiger partial charge < -0.3 is 5.73 Å². The first-order valence-electron chi connectivity index (χ1n) is 6.16. The van der Waals surface area contributed by atoms with E-state index in [1.807, 2.05) is 6.92 Å². The fraction of sp³-hybridized carbons (Fsp3) is 0.308. The lowest BCUT2D eigenvalue weighted by Crippen LogP contribution is -2.25. The van der Waals surface area contributed by atoms with E-state index < -0.39 is 10.0 Å². The van der Waals surface area contributed by atoms with Crippen LogP contribution >= 0.6 is 0 Å². The Hall–Kier alpha value is -1.86. The zero-order valence-corrected chi connectivity index (χ0v) is 12.5. The minimum atomic E-state index is -3.61. The molecule has 1 aromatic carbocycles. The molecule has 2 rings (SSSR count). The molecule has 0 bridgehead atoms. The highest BCUT2D eigenvalue weighted by Crippen LogP contribution is 2.27. The summed E-state index contributed by atoms with van der Waals surface area (Å²) in [6.45, 7) is 5.54. The van der Waals surface area contributed by atoms with E-state index in [9.17, 15) is 8.42 Å². The maximum absolute atomic E-state index is 12.5. The van der Waals surface area contributed by atoms with Gasteiger partial charge in [0.2, 0.25) is 10.0 Å². The Morgan fingerprint density at radius 1 is 1.30 bits per heavy atom. The molecule has 0 spiro atoms. The number of hydrogen-bond donors (Lipinski definition) is 3. The van der Waals surface area contributed by atoms with Gasteiger partial charge in [-0.05, 0) is 43.5 Å². The monoisotopic (exact) mass is 294 g/mol. The standard InChI is InChI=1S/C13H18N4O2S/c1-8-4-12(14)10(3)13(9(8)2)20(18,19)17-7-11-5-15-16-6-11/h4-6,17H,7,14H2,1-3H3,(H,15,16). The van der Waals surface area contributed by atoms with Gasteiger partial charge in [-0.15, -0.1) is 0 Å². The second-order valence-electron chi connectivity index (χ2n) is 4.79. The summed E-state index contributed by atoms with van der Waals surface area (Å²) in [6, 6.07) is 1.79. The summed E-state index contributed by atoms with van der Waals surface area (Å²) in [6.07, 6.45) is 3.22. The number of nitrogens with two attached hydrogens (primary N) is 1. The van der Waals surface area contributed by atoms with Crippen molar-refractivity contribution in [3.05, 3.63) is 40.7 Å². The van der Waals surface area contributed by atoms with Crippen molar-refractivity contribution in [3.63, 3.8) is 0 Å². The fourth-order valence-corrected chi connectivity index (χ4v) is 3.66. The number of nitrogen functional groups attached to an aromatic ring is 1. The Morgan fingerprint density at radius 3 is 2.60 bits per heavy atom. The van der Waals surface area contributed by atoms with E-state index in [1.165, 1.54) is 0 Å². The lowest BCUT2D eigenvalue weighted by atomic mass is 10.1. The normalized spacial score (nSPS) is 11.8. The van der Waals surface area contributed by atoms with Gasteiger partial charge in [-0.25, -0.2) is 13.1 Å². The van der Waals surface area contributed by atoms with Crippen molar-refractivity contribution in [3.8, 4) is 0 Å². The molecule has 0 aliphatic rings. The van der Waals surface area contributed by atoms with Gasteiger partial charge in [0, 0.05) is 24.0 Å². The number of rotatable bonds is 4. The lowest BCUT2D eigenvalue weighted by molar-refractivity contribution is 0.580. The minimum absolute atomic E-state index is 0.186. The molecule has 0 saturated heterocycles. The van der Waals surface area contributed by atoms with Crippen LogP contribution in [0.1, 0.15) is 22.3 Å². The van der Waals surface area contributed by atoms with Gasteiger partial charge in [0.1, 0.15) is 0 Å². The van der Waals surface area contributed by atoms with Crippen molar-refractivity contribution in [2.45, 2.75) is 32.2 Å². The van der Waals surface area contributed by atoms with Crippen molar-refractivity contribution < 1.29 is 8.42 Å². The molecule has 0 saturated carbocycles. The molecule has 4 N–H and O–H groups in total. The number of aryl methyl sites for hydroxylation is 1. The van der Waals surface area contributed by atoms with Gasteiger partial charge in [0.15, 0.2) is 0 Å². The van der Waals surface area contributed by atoms with E-state index in [0.717, 1.165) is 16.7 Å². The molecule has 6 nitrogen and oxygen atoms in total. The second kappa shape index (κ2) is 5.26. The zero-order valence-electron chi connectivity index (χ0n) is 11.7. The van der Waals surface area contributed by atoms with Crippen LogP contribution in [0.25, 0.3) is 0 Å². The number of H-pyrrole nitrogens is 1. The van der Waals surface area contributed by atoms with Gasteiger partial charge in [-0.1, -0.05) is 0 Å². The quantitative estimate of drug-likeness (QED) is 0.742. The zero-order chi connectivity index (χ0) is 14.9. The van der Waals surface area contributed by atoms with Gasteiger partial charge in [0.05, 0.1) is 11.1 Å². The van der Waals surface area contributed by atoms with E-state index in [2.05, 4.69) is 14.9 Å². The van der Waals surface area contributed by atoms with Crippen molar-refractivity contribution in [2.75, 3.05) is 5.73 Å². The van der Waals surface area contributed by atoms with E-state index in [1.54, 1.807) is 32.3 Å². The van der Waals surface area contributed by atoms with Crippen LogP contribution in [-0.2, 0) is 16.6 Å². The molecule has 0 radical (unpaired) electrons. The molecule has 108 valence electrons. The van der Waals surface area contributed by atoms with Gasteiger partial charge in [-0.3, -0.25) is 5.10 Å². The smallest absolute Gasteiger partial charge is 0.241 e. The number of aromatic nitrogens is 2. The Morgan fingerprint density at radius 2 is 2.00 bits per heavy atom. The molecular formula is C13H18N4O2S. The molecule has 0 aliphatic heterocycles. The molecule has 1 aromatic heterocycles. The molecule has 0 unspecified atom stereocenters. The van der Waals surface area contributed by atoms with Crippen molar-refractivity contribution in [2.24, 2.45) is 0 Å². The van der Waals surface area contributed by atoms with Gasteiger partial charge in [-0.2, -0.15) is 5.10 Å². The van der Waals surface area contributed by atoms with Crippen molar-refractivity contribution in [1.29, 1.82) is 0 Å². The first-order chi connectivity index (χ1) is 9.33. The summed E-state index contributed by atoms with van der Waals surface area (Å²) in [5.74, 6) is 0. The molecule has 0 atom stereocenters. The van der Waals surface area contributed by atoms with Gasteiger partial charge >= 0.3 is 0 Å². The van der Waals surface area contributed by atoms with Crippen LogP contribution in [0.5, 0.6) is 0 Å². The van der Waals surface area contributed by atoms with Crippen LogP contribution < -0.4 is 10.5 Å². The fourth-order valence-electron chi connectivity index (χ4n) is 2.07. The third-order valence-electron chi connectivity index (χ3n) is 3.37. The minimum Gasteiger partial charge on any atom is -0.398 e. The predicted octanol–water partition coefficient (Wildman–Crippen LogP) is 1.40. The maximum Gasteiger partial charge on any atom is 0.241 e. The van der Waals surface area contributed by atoms with Crippen molar-refractivity contribution >= 4 is 15.7 Å². The molecule has 2 aromatic rings. The average molecular weight is 294 g/mol. The molecule has 0 aliphatic carbocycles. The van der Waals surface area contributed by atoms with Crippen LogP contribution in [0, 0.1) is 20.8 Å². The average Bonchev–Trinajstić information content (AvgIpc) is 2.87. The summed E-state index contributed by atoms with van der Waals surface area (Å²) in [7, 11) is -3.61. The van der Waals surface area contributed by atoms with Crippen LogP contribution in [0.15, 0.2) is 23.4 Å². The number of hydrogen-bond acceptors (Lipinski definition) is 4. The number of sulfonamides is 1. The number of anilines is 1. The third-order valence-corrected chi connectivity index (χ3v) is 5.04. The summed E-state index contributed by atoms with van der Waals surface area (Å²) >= 11 is 0. The number of nitrogens with one attached hydrogen (secondary N) is 2. The van der Waals surface area contributed by atoms with Crippen LogP contribution in [0.4, 0.5) is 5.69 Å². The largest absolute Gasteiger partial charge is 0.398 e. The van der Waals surface area contributed by atoms with Crippen LogP contribution in [-0.4, -0.2) is 18.6 Å². The number of aromatic amines is 1. The predicted molar refractivity (Wildman–Crippen MR) is 77.7 cm³/mol. The highest BCUT2D eigenvalue weighted by Gasteiger charge is 2.22. The molecule has 1 heterocycles. The van der Waals surface area contributed by atoms with Crippen LogP contribution in [0.3, 0.4) is 0 Å². The maximum atomic E-state index is 12.5. The summed E-state index contributed by atoms with van der Waals surface area (Å²) in [4.78, 5) is 0.262. The molecule has 7 heteroatoms. The lowest BCUT2D eigenvalue weighted by Gasteiger charge is -2.15. The van der Waals surface area contributed by atoms with Crippen molar-refractivity contribution in [1.82, 2.24) is 14.9 Å². The number of benzene rings is 1. The third kappa shape index (κ3) is 2.68. The molecule has 0 amide bonds. The van der Waals surface area contributed by atoms with E-state index >= 15 is 0 Å².